The number of nitrogens with zero attached hydrogens (tertiary/aromatic N) is 1. The highest BCUT2D eigenvalue weighted by Crippen LogP contribution is 2.44. The molecule has 0 aromatic heterocycles. The molecular formula is C11H18N2O3. The van der Waals surface area contributed by atoms with E-state index in [0.29, 0.717) is 19.5 Å². The lowest BCUT2D eigenvalue weighted by atomic mass is 10.1. The van der Waals surface area contributed by atoms with Crippen LogP contribution in [0.5, 0.6) is 0 Å². The van der Waals surface area contributed by atoms with E-state index < -0.39 is 0 Å². The van der Waals surface area contributed by atoms with Gasteiger partial charge in [0, 0.05) is 24.9 Å². The van der Waals surface area contributed by atoms with E-state index in [0.717, 1.165) is 19.3 Å². The van der Waals surface area contributed by atoms with E-state index in [-0.39, 0.29) is 30.4 Å². The lowest BCUT2D eigenvalue weighted by molar-refractivity contribution is -0.133. The molecule has 1 heterocycles. The average Bonchev–Trinajstić information content (AvgIpc) is 2.96. The van der Waals surface area contributed by atoms with Crippen molar-refractivity contribution in [1.82, 2.24) is 10.2 Å². The maximum atomic E-state index is 11.5. The van der Waals surface area contributed by atoms with Crippen molar-refractivity contribution in [3.63, 3.8) is 0 Å². The second-order valence-corrected chi connectivity index (χ2v) is 4.85. The van der Waals surface area contributed by atoms with Crippen LogP contribution < -0.4 is 5.32 Å². The number of aliphatic hydroxyl groups excluding tert-OH is 1. The van der Waals surface area contributed by atoms with Gasteiger partial charge in [0.2, 0.25) is 11.8 Å². The highest BCUT2D eigenvalue weighted by atomic mass is 16.3. The molecule has 0 spiro atoms. The Kier molecular flexibility index (Phi) is 3.14. The molecule has 2 rings (SSSR count). The SMILES string of the molecule is O=C(CN1CCCC1=O)NCC1(CO)CC1. The molecule has 0 atom stereocenters. The number of hydrogen-bond donors (Lipinski definition) is 2. The molecule has 0 bridgehead atoms. The summed E-state index contributed by atoms with van der Waals surface area (Å²) in [5.41, 5.74) is -0.0648. The Morgan fingerprint density at radius 2 is 2.25 bits per heavy atom. The van der Waals surface area contributed by atoms with Gasteiger partial charge in [-0.25, -0.2) is 0 Å². The molecule has 0 unspecified atom stereocenters. The van der Waals surface area contributed by atoms with Crippen molar-refractivity contribution in [2.45, 2.75) is 25.7 Å². The van der Waals surface area contributed by atoms with E-state index in [2.05, 4.69) is 5.32 Å². The molecule has 5 nitrogen and oxygen atoms in total. The Morgan fingerprint density at radius 1 is 1.50 bits per heavy atom. The first kappa shape index (κ1) is 11.4. The Balaban J connectivity index is 1.70. The van der Waals surface area contributed by atoms with Crippen molar-refractivity contribution in [2.24, 2.45) is 5.41 Å². The number of hydrogen-bond acceptors (Lipinski definition) is 3. The molecule has 2 aliphatic rings. The Hall–Kier alpha value is -1.10. The minimum Gasteiger partial charge on any atom is -0.396 e. The van der Waals surface area contributed by atoms with E-state index >= 15 is 0 Å². The van der Waals surface area contributed by atoms with Crippen LogP contribution in [0.1, 0.15) is 25.7 Å². The number of likely N-dealkylation sites (tertiary alicyclic amines) is 1. The Labute approximate surface area is 94.8 Å². The Bertz CT molecular complexity index is 300. The monoisotopic (exact) mass is 226 g/mol. The van der Waals surface area contributed by atoms with Crippen LogP contribution in [0.15, 0.2) is 0 Å². The highest BCUT2D eigenvalue weighted by molar-refractivity contribution is 5.85. The van der Waals surface area contributed by atoms with Crippen LogP contribution in [-0.4, -0.2) is 48.1 Å². The third-order valence-corrected chi connectivity index (χ3v) is 3.46. The van der Waals surface area contributed by atoms with Crippen LogP contribution in [0, 0.1) is 5.41 Å². The van der Waals surface area contributed by atoms with Crippen LogP contribution in [0.25, 0.3) is 0 Å². The number of carbonyl (C=O) groups excluding carboxylic acids is 2. The summed E-state index contributed by atoms with van der Waals surface area (Å²) in [6, 6.07) is 0. The molecule has 1 aliphatic carbocycles. The number of rotatable bonds is 5. The van der Waals surface area contributed by atoms with Gasteiger partial charge < -0.3 is 15.3 Å². The summed E-state index contributed by atoms with van der Waals surface area (Å²) in [5.74, 6) is -0.0478. The summed E-state index contributed by atoms with van der Waals surface area (Å²) < 4.78 is 0. The lowest BCUT2D eigenvalue weighted by Crippen LogP contribution is -2.40. The normalized spacial score (nSPS) is 22.3. The molecule has 90 valence electrons. The van der Waals surface area contributed by atoms with Crippen LogP contribution in [0.3, 0.4) is 0 Å². The minimum absolute atomic E-state index is 0.0648. The maximum absolute atomic E-state index is 11.5. The molecule has 0 aromatic carbocycles. The van der Waals surface area contributed by atoms with E-state index in [4.69, 9.17) is 5.11 Å². The third-order valence-electron chi connectivity index (χ3n) is 3.46. The number of amides is 2. The molecule has 2 amide bonds. The van der Waals surface area contributed by atoms with Gasteiger partial charge in [0.25, 0.3) is 0 Å². The van der Waals surface area contributed by atoms with Gasteiger partial charge in [-0.15, -0.1) is 0 Å². The molecule has 0 aromatic rings. The van der Waals surface area contributed by atoms with Crippen molar-refractivity contribution < 1.29 is 14.7 Å². The molecule has 2 fully saturated rings. The summed E-state index contributed by atoms with van der Waals surface area (Å²) in [6.07, 6.45) is 3.37. The average molecular weight is 226 g/mol. The van der Waals surface area contributed by atoms with Crippen LogP contribution in [-0.2, 0) is 9.59 Å². The zero-order valence-corrected chi connectivity index (χ0v) is 9.37. The fourth-order valence-electron chi connectivity index (χ4n) is 1.95. The zero-order valence-electron chi connectivity index (χ0n) is 9.37. The first-order valence-corrected chi connectivity index (χ1v) is 5.81. The summed E-state index contributed by atoms with van der Waals surface area (Å²) in [6.45, 7) is 1.53. The van der Waals surface area contributed by atoms with Gasteiger partial charge in [-0.1, -0.05) is 0 Å². The Morgan fingerprint density at radius 3 is 2.75 bits per heavy atom. The molecule has 16 heavy (non-hydrogen) atoms. The number of aliphatic hydroxyl groups is 1. The molecule has 5 heteroatoms. The first-order valence-electron chi connectivity index (χ1n) is 5.81. The minimum atomic E-state index is -0.116. The number of carbonyl (C=O) groups is 2. The van der Waals surface area contributed by atoms with Gasteiger partial charge >= 0.3 is 0 Å². The number of nitrogens with one attached hydrogen (secondary N) is 1. The van der Waals surface area contributed by atoms with Crippen molar-refractivity contribution in [1.29, 1.82) is 0 Å². The third kappa shape index (κ3) is 2.52. The lowest BCUT2D eigenvalue weighted by Gasteiger charge is -2.17. The molecule has 1 saturated heterocycles. The summed E-state index contributed by atoms with van der Waals surface area (Å²) in [5, 5.41) is 11.9. The largest absolute Gasteiger partial charge is 0.396 e. The summed E-state index contributed by atoms with van der Waals surface area (Å²) >= 11 is 0. The van der Waals surface area contributed by atoms with Crippen LogP contribution >= 0.6 is 0 Å². The van der Waals surface area contributed by atoms with Gasteiger partial charge in [-0.05, 0) is 19.3 Å². The van der Waals surface area contributed by atoms with E-state index in [9.17, 15) is 9.59 Å². The topological polar surface area (TPSA) is 69.6 Å². The quantitative estimate of drug-likeness (QED) is 0.664. The van der Waals surface area contributed by atoms with E-state index in [1.54, 1.807) is 4.90 Å². The van der Waals surface area contributed by atoms with Crippen molar-refractivity contribution >= 4 is 11.8 Å². The van der Waals surface area contributed by atoms with Gasteiger partial charge in [-0.3, -0.25) is 9.59 Å². The van der Waals surface area contributed by atoms with E-state index in [1.165, 1.54) is 0 Å². The van der Waals surface area contributed by atoms with Crippen LogP contribution in [0.2, 0.25) is 0 Å². The maximum Gasteiger partial charge on any atom is 0.239 e. The van der Waals surface area contributed by atoms with Crippen LogP contribution in [0.4, 0.5) is 0 Å². The molecule has 1 saturated carbocycles. The summed E-state index contributed by atoms with van der Waals surface area (Å²) in [4.78, 5) is 24.4. The highest BCUT2D eigenvalue weighted by Gasteiger charge is 2.42. The molecule has 0 radical (unpaired) electrons. The van der Waals surface area contributed by atoms with Gasteiger partial charge in [0.05, 0.1) is 13.2 Å². The van der Waals surface area contributed by atoms with Crippen molar-refractivity contribution in [3.8, 4) is 0 Å². The smallest absolute Gasteiger partial charge is 0.239 e. The second kappa shape index (κ2) is 4.41. The molecule has 2 N–H and O–H groups in total. The fourth-order valence-corrected chi connectivity index (χ4v) is 1.95. The van der Waals surface area contributed by atoms with E-state index in [1.807, 2.05) is 0 Å². The molecule has 1 aliphatic heterocycles. The fraction of sp³-hybridized carbons (Fsp3) is 0.818. The second-order valence-electron chi connectivity index (χ2n) is 4.85. The van der Waals surface area contributed by atoms with Gasteiger partial charge in [0.15, 0.2) is 0 Å². The van der Waals surface area contributed by atoms with Gasteiger partial charge in [-0.2, -0.15) is 0 Å². The van der Waals surface area contributed by atoms with Gasteiger partial charge in [0.1, 0.15) is 0 Å². The molecular weight excluding hydrogens is 208 g/mol. The predicted octanol–water partition coefficient (Wildman–Crippen LogP) is -0.502. The van der Waals surface area contributed by atoms with Crippen molar-refractivity contribution in [3.05, 3.63) is 0 Å². The predicted molar refractivity (Wildman–Crippen MR) is 57.6 cm³/mol. The van der Waals surface area contributed by atoms with Crippen molar-refractivity contribution in [2.75, 3.05) is 26.2 Å². The standard InChI is InChI=1S/C11H18N2O3/c14-8-11(3-4-11)7-12-9(15)6-13-5-1-2-10(13)16/h14H,1-8H2,(H,12,15). The zero-order chi connectivity index (χ0) is 11.6. The first-order chi connectivity index (χ1) is 7.65. The summed E-state index contributed by atoms with van der Waals surface area (Å²) in [7, 11) is 0.